The molecular formula is C23H23NO7S. The van der Waals surface area contributed by atoms with Gasteiger partial charge in [-0.2, -0.15) is 0 Å². The number of benzene rings is 1. The fourth-order valence-electron chi connectivity index (χ4n) is 3.52. The monoisotopic (exact) mass is 457 g/mol. The number of methoxy groups -OCH3 is 3. The van der Waals surface area contributed by atoms with Crippen molar-refractivity contribution < 1.29 is 28.5 Å². The van der Waals surface area contributed by atoms with Crippen molar-refractivity contribution in [3.05, 3.63) is 62.6 Å². The average molecular weight is 458 g/mol. The van der Waals surface area contributed by atoms with Crippen molar-refractivity contribution in [2.45, 2.75) is 12.6 Å². The van der Waals surface area contributed by atoms with Crippen LogP contribution in [0.5, 0.6) is 17.2 Å². The highest BCUT2D eigenvalue weighted by atomic mass is 32.1. The first-order chi connectivity index (χ1) is 15.6. The van der Waals surface area contributed by atoms with Gasteiger partial charge in [0.2, 0.25) is 6.23 Å². The zero-order valence-electron chi connectivity index (χ0n) is 18.0. The minimum Gasteiger partial charge on any atom is -0.493 e. The summed E-state index contributed by atoms with van der Waals surface area (Å²) in [6.07, 6.45) is 1.65. The molecule has 8 nitrogen and oxygen atoms in total. The highest BCUT2D eigenvalue weighted by Gasteiger charge is 2.30. The number of hydrogen-bond acceptors (Lipinski definition) is 8. The van der Waals surface area contributed by atoms with E-state index < -0.39 is 17.6 Å². The molecule has 2 aromatic heterocycles. The number of ether oxygens (including phenoxy) is 5. The van der Waals surface area contributed by atoms with Gasteiger partial charge in [0.25, 0.3) is 0 Å². The topological polar surface area (TPSA) is 85.2 Å². The molecule has 0 aliphatic carbocycles. The van der Waals surface area contributed by atoms with Gasteiger partial charge in [0.1, 0.15) is 11.3 Å². The van der Waals surface area contributed by atoms with Gasteiger partial charge in [-0.3, -0.25) is 4.79 Å². The molecule has 0 bridgehead atoms. The highest BCUT2D eigenvalue weighted by molar-refractivity contribution is 7.10. The molecular weight excluding hydrogens is 434 g/mol. The van der Waals surface area contributed by atoms with Crippen molar-refractivity contribution in [2.75, 3.05) is 34.5 Å². The maximum absolute atomic E-state index is 12.7. The lowest BCUT2D eigenvalue weighted by atomic mass is 10.0. The Labute approximate surface area is 188 Å². The van der Waals surface area contributed by atoms with Crippen molar-refractivity contribution in [3.63, 3.8) is 0 Å². The van der Waals surface area contributed by atoms with Crippen molar-refractivity contribution in [1.82, 2.24) is 4.57 Å². The number of thiophene rings is 1. The van der Waals surface area contributed by atoms with E-state index in [1.807, 2.05) is 17.5 Å². The number of fused-ring (bicyclic) bond motifs is 3. The molecule has 1 aliphatic rings. The summed E-state index contributed by atoms with van der Waals surface area (Å²) in [7, 11) is 4.44. The Morgan fingerprint density at radius 2 is 2.00 bits per heavy atom. The first kappa shape index (κ1) is 21.9. The van der Waals surface area contributed by atoms with Gasteiger partial charge >= 0.3 is 5.97 Å². The Morgan fingerprint density at radius 1 is 1.16 bits per heavy atom. The number of pyridine rings is 1. The first-order valence-electron chi connectivity index (χ1n) is 9.96. The van der Waals surface area contributed by atoms with Gasteiger partial charge in [-0.05, 0) is 17.5 Å². The maximum Gasteiger partial charge on any atom is 0.343 e. The van der Waals surface area contributed by atoms with Gasteiger partial charge in [-0.25, -0.2) is 4.79 Å². The molecule has 1 aliphatic heterocycles. The molecule has 32 heavy (non-hydrogen) atoms. The van der Waals surface area contributed by atoms with Crippen LogP contribution in [0.1, 0.15) is 27.9 Å². The third kappa shape index (κ3) is 4.09. The Hall–Kier alpha value is -3.30. The summed E-state index contributed by atoms with van der Waals surface area (Å²) in [5, 5.41) is 1.94. The van der Waals surface area contributed by atoms with E-state index in [1.165, 1.54) is 30.7 Å². The van der Waals surface area contributed by atoms with Crippen LogP contribution in [0.3, 0.4) is 0 Å². The molecule has 3 aromatic rings. The van der Waals surface area contributed by atoms with Crippen molar-refractivity contribution in [1.29, 1.82) is 0 Å². The summed E-state index contributed by atoms with van der Waals surface area (Å²) in [6.45, 7) is 1.04. The Balaban J connectivity index is 1.84. The predicted molar refractivity (Wildman–Crippen MR) is 119 cm³/mol. The van der Waals surface area contributed by atoms with E-state index in [1.54, 1.807) is 30.9 Å². The third-order valence-corrected chi connectivity index (χ3v) is 5.96. The second-order valence-electron chi connectivity index (χ2n) is 7.02. The lowest BCUT2D eigenvalue weighted by Crippen LogP contribution is -2.27. The van der Waals surface area contributed by atoms with E-state index in [9.17, 15) is 9.59 Å². The third-order valence-electron chi connectivity index (χ3n) is 5.05. The van der Waals surface area contributed by atoms with Gasteiger partial charge in [0, 0.05) is 44.0 Å². The van der Waals surface area contributed by atoms with Crippen LogP contribution >= 0.6 is 11.3 Å². The average Bonchev–Trinajstić information content (AvgIpc) is 3.34. The van der Waals surface area contributed by atoms with E-state index in [2.05, 4.69) is 0 Å². The van der Waals surface area contributed by atoms with Gasteiger partial charge in [0.15, 0.2) is 16.9 Å². The van der Waals surface area contributed by atoms with E-state index in [-0.39, 0.29) is 5.56 Å². The number of rotatable bonds is 8. The number of hydrogen-bond donors (Lipinski definition) is 0. The zero-order valence-corrected chi connectivity index (χ0v) is 18.8. The lowest BCUT2D eigenvalue weighted by Gasteiger charge is -2.31. The van der Waals surface area contributed by atoms with Gasteiger partial charge in [-0.1, -0.05) is 6.07 Å². The molecule has 1 atom stereocenters. The lowest BCUT2D eigenvalue weighted by molar-refractivity contribution is 0.0597. The number of aromatic nitrogens is 1. The van der Waals surface area contributed by atoms with Gasteiger partial charge < -0.3 is 28.3 Å². The van der Waals surface area contributed by atoms with Crippen LogP contribution in [-0.2, 0) is 9.47 Å². The van der Waals surface area contributed by atoms with E-state index >= 15 is 0 Å². The Kier molecular flexibility index (Phi) is 6.48. The number of nitrogens with zero attached hydrogens (tertiary/aromatic N) is 1. The van der Waals surface area contributed by atoms with Crippen LogP contribution in [0, 0.1) is 0 Å². The fourth-order valence-corrected chi connectivity index (χ4v) is 4.27. The molecule has 0 amide bonds. The van der Waals surface area contributed by atoms with Crippen molar-refractivity contribution in [3.8, 4) is 28.5 Å². The molecule has 0 fully saturated rings. The number of carbonyl (C=O) groups excluding carboxylic acids is 1. The molecule has 0 unspecified atom stereocenters. The van der Waals surface area contributed by atoms with Crippen LogP contribution in [0.15, 0.2) is 46.7 Å². The van der Waals surface area contributed by atoms with Crippen LogP contribution in [0.4, 0.5) is 0 Å². The molecule has 3 heterocycles. The summed E-state index contributed by atoms with van der Waals surface area (Å²) >= 11 is 1.51. The second-order valence-corrected chi connectivity index (χ2v) is 7.99. The maximum atomic E-state index is 12.7. The first-order valence-corrected chi connectivity index (χ1v) is 10.8. The zero-order chi connectivity index (χ0) is 22.7. The normalized spacial score (nSPS) is 14.2. The molecule has 0 spiro atoms. The number of carbonyl (C=O) groups is 1. The minimum absolute atomic E-state index is 0.0603. The summed E-state index contributed by atoms with van der Waals surface area (Å²) in [5.41, 5.74) is 0.772. The highest BCUT2D eigenvalue weighted by Crippen LogP contribution is 2.46. The van der Waals surface area contributed by atoms with Crippen LogP contribution in [0.25, 0.3) is 11.3 Å². The molecule has 4 rings (SSSR count). The standard InChI is InChI=1S/C23H23NO7S/c1-27-7-5-8-30-20-12-18-14(10-19(20)28-2)16-11-17(25)15(23(26)29-3)13-24(16)22(31-18)21-6-4-9-32-21/h4,6,9-13,22H,5,7-8H2,1-3H3/t22-/m0/s1. The summed E-state index contributed by atoms with van der Waals surface area (Å²) in [4.78, 5) is 25.7. The van der Waals surface area contributed by atoms with Gasteiger partial charge in [0.05, 0.1) is 31.4 Å². The Morgan fingerprint density at radius 3 is 2.69 bits per heavy atom. The molecule has 9 heteroatoms. The van der Waals surface area contributed by atoms with Crippen LogP contribution < -0.4 is 19.6 Å². The second kappa shape index (κ2) is 9.46. The molecule has 0 radical (unpaired) electrons. The largest absolute Gasteiger partial charge is 0.493 e. The van der Waals surface area contributed by atoms with Gasteiger partial charge in [-0.15, -0.1) is 11.3 Å². The van der Waals surface area contributed by atoms with E-state index in [0.29, 0.717) is 41.7 Å². The van der Waals surface area contributed by atoms with Crippen molar-refractivity contribution in [2.24, 2.45) is 0 Å². The molecule has 1 aromatic carbocycles. The molecule has 0 N–H and O–H groups in total. The van der Waals surface area contributed by atoms with Crippen molar-refractivity contribution >= 4 is 17.3 Å². The summed E-state index contributed by atoms with van der Waals surface area (Å²) in [6, 6.07) is 8.82. The minimum atomic E-state index is -0.696. The molecule has 0 saturated heterocycles. The molecule has 168 valence electrons. The number of esters is 1. The van der Waals surface area contributed by atoms with E-state index in [4.69, 9.17) is 23.7 Å². The summed E-state index contributed by atoms with van der Waals surface area (Å²) < 4.78 is 29.4. The van der Waals surface area contributed by atoms with E-state index in [0.717, 1.165) is 11.3 Å². The summed E-state index contributed by atoms with van der Waals surface area (Å²) in [5.74, 6) is 0.902. The quantitative estimate of drug-likeness (QED) is 0.376. The molecule has 0 saturated carbocycles. The van der Waals surface area contributed by atoms with Crippen LogP contribution in [0.2, 0.25) is 0 Å². The fraction of sp³-hybridized carbons (Fsp3) is 0.304. The van der Waals surface area contributed by atoms with Crippen LogP contribution in [-0.4, -0.2) is 45.1 Å². The Bertz CT molecular complexity index is 1170. The SMILES string of the molecule is COCCCOc1cc2c(cc1OC)-c1cc(=O)c(C(=O)OC)cn1[C@H](c1cccs1)O2. The smallest absolute Gasteiger partial charge is 0.343 e. The predicted octanol–water partition coefficient (Wildman–Crippen LogP) is 3.73.